The summed E-state index contributed by atoms with van der Waals surface area (Å²) in [6, 6.07) is 6.46. The Kier molecular flexibility index (Phi) is 4.54. The van der Waals surface area contributed by atoms with Gasteiger partial charge in [-0.25, -0.2) is 24.4 Å². The fourth-order valence-corrected chi connectivity index (χ4v) is 3.71. The van der Waals surface area contributed by atoms with E-state index in [1.54, 1.807) is 12.1 Å². The Labute approximate surface area is 167 Å². The van der Waals surface area contributed by atoms with Crippen LogP contribution in [0.5, 0.6) is 0 Å². The summed E-state index contributed by atoms with van der Waals surface area (Å²) in [7, 11) is 0. The van der Waals surface area contributed by atoms with Crippen LogP contribution in [0.2, 0.25) is 0 Å². The Hall–Kier alpha value is -2.92. The van der Waals surface area contributed by atoms with Gasteiger partial charge in [0.2, 0.25) is 0 Å². The number of carbonyl (C=O) groups is 1. The van der Waals surface area contributed by atoms with E-state index in [9.17, 15) is 9.59 Å². The number of aromatic nitrogens is 5. The fraction of sp³-hybridized carbons (Fsp3) is 0. The van der Waals surface area contributed by atoms with Gasteiger partial charge in [0.25, 0.3) is 5.91 Å². The van der Waals surface area contributed by atoms with Crippen LogP contribution in [-0.4, -0.2) is 30.6 Å². The molecule has 3 aromatic heterocycles. The normalized spacial score (nSPS) is 10.9. The van der Waals surface area contributed by atoms with Gasteiger partial charge in [-0.15, -0.1) is 0 Å². The Morgan fingerprint density at radius 2 is 1.96 bits per heavy atom. The highest BCUT2D eigenvalue weighted by atomic mass is 79.9. The topological polar surface area (TPSA) is 116 Å². The predicted octanol–water partition coefficient (Wildman–Crippen LogP) is 2.94. The molecule has 4 aromatic rings. The lowest BCUT2D eigenvalue weighted by Crippen LogP contribution is -2.21. The van der Waals surface area contributed by atoms with Crippen LogP contribution in [0.4, 0.5) is 5.82 Å². The van der Waals surface area contributed by atoms with E-state index in [0.717, 1.165) is 4.47 Å². The van der Waals surface area contributed by atoms with Gasteiger partial charge in [-0.2, -0.15) is 5.10 Å². The predicted molar refractivity (Wildman–Crippen MR) is 103 cm³/mol. The summed E-state index contributed by atoms with van der Waals surface area (Å²) in [5, 5.41) is 7.11. The third-order valence-electron chi connectivity index (χ3n) is 3.54. The highest BCUT2D eigenvalue weighted by Crippen LogP contribution is 2.28. The molecule has 0 aliphatic rings. The molecule has 0 bridgehead atoms. The highest BCUT2D eigenvalue weighted by Gasteiger charge is 2.16. The maximum absolute atomic E-state index is 12.6. The summed E-state index contributed by atoms with van der Waals surface area (Å²) in [5.74, 6) is -0.0309. The summed E-state index contributed by atoms with van der Waals surface area (Å²) >= 11 is 6.69. The molecule has 4 rings (SSSR count). The van der Waals surface area contributed by atoms with Crippen molar-refractivity contribution in [3.8, 4) is 5.82 Å². The zero-order valence-electron chi connectivity index (χ0n) is 13.3. The molecule has 0 atom stereocenters. The molecule has 0 saturated heterocycles. The molecule has 1 amide bonds. The summed E-state index contributed by atoms with van der Waals surface area (Å²) < 4.78 is 8.07. The number of carbonyl (C=O) groups excluding carboxylic acids is 1. The van der Waals surface area contributed by atoms with E-state index in [0.29, 0.717) is 21.3 Å². The van der Waals surface area contributed by atoms with E-state index in [2.05, 4.69) is 57.2 Å². The molecule has 9 nitrogen and oxygen atoms in total. The second-order valence-corrected chi connectivity index (χ2v) is 7.08. The standard InChI is InChI=1S/C16H8Br2N6O3/c17-9-1-8-2-10(16(26)27-14(8)11(18)3-9)15(25)23-12-4-13(21-6-20-12)24-7-19-5-22-24/h1-7H,(H,20,21,23,25). The minimum atomic E-state index is -0.756. The van der Waals surface area contributed by atoms with Gasteiger partial charge in [-0.1, -0.05) is 15.9 Å². The van der Waals surface area contributed by atoms with E-state index >= 15 is 0 Å². The monoisotopic (exact) mass is 490 g/mol. The van der Waals surface area contributed by atoms with Gasteiger partial charge in [-0.3, -0.25) is 4.79 Å². The van der Waals surface area contributed by atoms with Crippen LogP contribution in [-0.2, 0) is 0 Å². The number of hydrogen-bond acceptors (Lipinski definition) is 7. The van der Waals surface area contributed by atoms with Crippen molar-refractivity contribution in [2.45, 2.75) is 0 Å². The van der Waals surface area contributed by atoms with Crippen LogP contribution in [0.1, 0.15) is 10.4 Å². The maximum atomic E-state index is 12.6. The summed E-state index contributed by atoms with van der Waals surface area (Å²) in [4.78, 5) is 36.7. The zero-order chi connectivity index (χ0) is 19.0. The number of halogens is 2. The molecular formula is C16H8Br2N6O3. The highest BCUT2D eigenvalue weighted by molar-refractivity contribution is 9.11. The number of rotatable bonds is 3. The van der Waals surface area contributed by atoms with Crippen molar-refractivity contribution in [2.75, 3.05) is 5.32 Å². The second kappa shape index (κ2) is 7.00. The van der Waals surface area contributed by atoms with E-state index in [-0.39, 0.29) is 11.4 Å². The summed E-state index contributed by atoms with van der Waals surface area (Å²) in [6.45, 7) is 0. The largest absolute Gasteiger partial charge is 0.421 e. The number of amides is 1. The third kappa shape index (κ3) is 3.51. The molecule has 134 valence electrons. The van der Waals surface area contributed by atoms with Gasteiger partial charge in [0, 0.05) is 15.9 Å². The van der Waals surface area contributed by atoms with Crippen LogP contribution >= 0.6 is 31.9 Å². The molecular weight excluding hydrogens is 484 g/mol. The number of fused-ring (bicyclic) bond motifs is 1. The Balaban J connectivity index is 1.68. The quantitative estimate of drug-likeness (QED) is 0.438. The number of anilines is 1. The molecule has 0 spiro atoms. The Bertz CT molecular complexity index is 1220. The average Bonchev–Trinajstić information content (AvgIpc) is 3.17. The van der Waals surface area contributed by atoms with Crippen LogP contribution in [0, 0.1) is 0 Å². The van der Waals surface area contributed by atoms with Crippen LogP contribution in [0.3, 0.4) is 0 Å². The van der Waals surface area contributed by atoms with Gasteiger partial charge in [0.05, 0.1) is 4.47 Å². The molecule has 0 aliphatic carbocycles. The molecule has 27 heavy (non-hydrogen) atoms. The average molecular weight is 492 g/mol. The minimum Gasteiger partial charge on any atom is -0.421 e. The SMILES string of the molecule is O=C(Nc1cc(-n2cncn2)ncn1)c1cc2cc(Br)cc(Br)c2oc1=O. The van der Waals surface area contributed by atoms with Crippen molar-refractivity contribution >= 4 is 54.6 Å². The summed E-state index contributed by atoms with van der Waals surface area (Å²) in [5.41, 5.74) is -0.544. The van der Waals surface area contributed by atoms with E-state index in [4.69, 9.17) is 4.42 Å². The number of nitrogens with zero attached hydrogens (tertiary/aromatic N) is 5. The first kappa shape index (κ1) is 17.5. The molecule has 1 aromatic carbocycles. The van der Waals surface area contributed by atoms with Crippen molar-refractivity contribution in [3.63, 3.8) is 0 Å². The number of benzene rings is 1. The molecule has 0 radical (unpaired) electrons. The second-order valence-electron chi connectivity index (χ2n) is 5.31. The smallest absolute Gasteiger partial charge is 0.349 e. The van der Waals surface area contributed by atoms with Gasteiger partial charge in [0.1, 0.15) is 30.4 Å². The molecule has 1 N–H and O–H groups in total. The summed E-state index contributed by atoms with van der Waals surface area (Å²) in [6.07, 6.45) is 4.09. The number of hydrogen-bond donors (Lipinski definition) is 1. The van der Waals surface area contributed by atoms with Gasteiger partial charge in [-0.05, 0) is 34.1 Å². The van der Waals surface area contributed by atoms with Gasteiger partial charge >= 0.3 is 5.63 Å². The van der Waals surface area contributed by atoms with E-state index in [1.165, 1.54) is 35.8 Å². The van der Waals surface area contributed by atoms with Crippen molar-refractivity contribution in [1.82, 2.24) is 24.7 Å². The minimum absolute atomic E-state index is 0.145. The van der Waals surface area contributed by atoms with Gasteiger partial charge < -0.3 is 9.73 Å². The first-order valence-corrected chi connectivity index (χ1v) is 9.01. The van der Waals surface area contributed by atoms with Crippen LogP contribution < -0.4 is 10.9 Å². The lowest BCUT2D eigenvalue weighted by Gasteiger charge is -2.07. The maximum Gasteiger partial charge on any atom is 0.349 e. The fourth-order valence-electron chi connectivity index (χ4n) is 2.37. The first-order chi connectivity index (χ1) is 13.0. The third-order valence-corrected chi connectivity index (χ3v) is 4.59. The molecule has 3 heterocycles. The Morgan fingerprint density at radius 1 is 1.11 bits per heavy atom. The van der Waals surface area contributed by atoms with E-state index < -0.39 is 11.5 Å². The zero-order valence-corrected chi connectivity index (χ0v) is 16.4. The van der Waals surface area contributed by atoms with Gasteiger partial charge in [0.15, 0.2) is 11.4 Å². The molecule has 0 fully saturated rings. The first-order valence-electron chi connectivity index (χ1n) is 7.42. The lowest BCUT2D eigenvalue weighted by atomic mass is 10.2. The molecule has 0 aliphatic heterocycles. The molecule has 11 heteroatoms. The van der Waals surface area contributed by atoms with Crippen molar-refractivity contribution in [2.24, 2.45) is 0 Å². The van der Waals surface area contributed by atoms with E-state index in [1.807, 2.05) is 0 Å². The van der Waals surface area contributed by atoms with Crippen LogP contribution in [0.15, 0.2) is 61.4 Å². The lowest BCUT2D eigenvalue weighted by molar-refractivity contribution is 0.102. The van der Waals surface area contributed by atoms with Crippen LogP contribution in [0.25, 0.3) is 16.8 Å². The van der Waals surface area contributed by atoms with Crippen molar-refractivity contribution < 1.29 is 9.21 Å². The molecule has 0 unspecified atom stereocenters. The number of nitrogens with one attached hydrogen (secondary N) is 1. The molecule has 0 saturated carbocycles. The Morgan fingerprint density at radius 3 is 2.74 bits per heavy atom. The van der Waals surface area contributed by atoms with Crippen molar-refractivity contribution in [1.29, 1.82) is 0 Å². The van der Waals surface area contributed by atoms with Crippen molar-refractivity contribution in [3.05, 3.63) is 68.2 Å².